The van der Waals surface area contributed by atoms with E-state index in [-0.39, 0.29) is 18.4 Å². The first-order valence-electron chi connectivity index (χ1n) is 13.3. The second-order valence-electron chi connectivity index (χ2n) is 12.1. The highest BCUT2D eigenvalue weighted by atomic mass is 19.4. The number of aliphatic hydroxyl groups is 1. The maximum Gasteiger partial charge on any atom is 0.413 e. The number of fused-ring (bicyclic) bond motifs is 1. The van der Waals surface area contributed by atoms with Gasteiger partial charge in [-0.15, -0.1) is 0 Å². The van der Waals surface area contributed by atoms with Crippen molar-refractivity contribution in [2.45, 2.75) is 81.9 Å². The zero-order chi connectivity index (χ0) is 26.4. The fraction of sp³-hybridized carbons (Fsp3) is 0.567. The molecule has 198 valence electrons. The van der Waals surface area contributed by atoms with Crippen molar-refractivity contribution >= 4 is 6.08 Å². The number of likely N-dealkylation sites (N-methyl/N-ethyl adjacent to an activating group) is 1. The van der Waals surface area contributed by atoms with E-state index in [9.17, 15) is 18.3 Å². The summed E-state index contributed by atoms with van der Waals surface area (Å²) >= 11 is 0. The van der Waals surface area contributed by atoms with Gasteiger partial charge < -0.3 is 14.7 Å². The number of allylic oxidation sites excluding steroid dienone is 4. The van der Waals surface area contributed by atoms with E-state index < -0.39 is 34.5 Å². The van der Waals surface area contributed by atoms with Crippen LogP contribution in [0, 0.1) is 18.3 Å². The van der Waals surface area contributed by atoms with E-state index in [4.69, 9.17) is 4.74 Å². The van der Waals surface area contributed by atoms with Gasteiger partial charge in [0.25, 0.3) is 0 Å². The zero-order valence-corrected chi connectivity index (χ0v) is 21.9. The number of pyridine rings is 1. The maximum atomic E-state index is 14.7. The molecular formula is C30H35F3N2O2. The molecule has 6 atom stereocenters. The number of aromatic nitrogens is 1. The number of ether oxygens (including phenoxy) is 1. The van der Waals surface area contributed by atoms with Gasteiger partial charge in [0.05, 0.1) is 17.3 Å². The van der Waals surface area contributed by atoms with Gasteiger partial charge in [0, 0.05) is 34.8 Å². The Bertz CT molecular complexity index is 1260. The first-order chi connectivity index (χ1) is 17.4. The van der Waals surface area contributed by atoms with Crippen LogP contribution in [-0.4, -0.2) is 58.6 Å². The van der Waals surface area contributed by atoms with Crippen LogP contribution in [-0.2, 0) is 4.74 Å². The van der Waals surface area contributed by atoms with Gasteiger partial charge in [-0.2, -0.15) is 13.2 Å². The zero-order valence-electron chi connectivity index (χ0n) is 21.9. The molecule has 0 aromatic carbocycles. The van der Waals surface area contributed by atoms with Gasteiger partial charge in [0.15, 0.2) is 0 Å². The minimum absolute atomic E-state index is 0.0660. The van der Waals surface area contributed by atoms with Crippen LogP contribution in [0.2, 0.25) is 0 Å². The van der Waals surface area contributed by atoms with Crippen LogP contribution in [0.4, 0.5) is 13.2 Å². The quantitative estimate of drug-likeness (QED) is 0.545. The van der Waals surface area contributed by atoms with E-state index in [0.29, 0.717) is 37.7 Å². The predicted molar refractivity (Wildman–Crippen MR) is 137 cm³/mol. The van der Waals surface area contributed by atoms with Gasteiger partial charge in [-0.1, -0.05) is 37.3 Å². The molecule has 4 nitrogen and oxygen atoms in total. The minimum Gasteiger partial charge on any atom is -0.391 e. The molecule has 6 rings (SSSR count). The summed E-state index contributed by atoms with van der Waals surface area (Å²) in [4.78, 5) is 6.35. The number of halogens is 3. The lowest BCUT2D eigenvalue weighted by atomic mass is 9.56. The molecule has 1 saturated carbocycles. The molecule has 0 radical (unpaired) electrons. The van der Waals surface area contributed by atoms with E-state index in [0.717, 1.165) is 22.4 Å². The van der Waals surface area contributed by atoms with Crippen molar-refractivity contribution in [3.8, 4) is 0 Å². The predicted octanol–water partition coefficient (Wildman–Crippen LogP) is 5.93. The van der Waals surface area contributed by atoms with E-state index in [1.165, 1.54) is 0 Å². The van der Waals surface area contributed by atoms with Gasteiger partial charge in [-0.05, 0) is 87.9 Å². The molecule has 1 N–H and O–H groups in total. The van der Waals surface area contributed by atoms with Crippen molar-refractivity contribution in [3.63, 3.8) is 0 Å². The molecule has 37 heavy (non-hydrogen) atoms. The third-order valence-corrected chi connectivity index (χ3v) is 9.98. The Morgan fingerprint density at radius 1 is 1.22 bits per heavy atom. The normalized spacial score (nSPS) is 39.0. The molecule has 2 bridgehead atoms. The van der Waals surface area contributed by atoms with Gasteiger partial charge >= 0.3 is 6.18 Å². The highest BCUT2D eigenvalue weighted by Crippen LogP contribution is 2.69. The number of hydrogen-bond acceptors (Lipinski definition) is 4. The Balaban J connectivity index is 1.45. The molecule has 1 aromatic rings. The van der Waals surface area contributed by atoms with Crippen LogP contribution >= 0.6 is 0 Å². The summed E-state index contributed by atoms with van der Waals surface area (Å²) in [6, 6.07) is 3.76. The van der Waals surface area contributed by atoms with Crippen molar-refractivity contribution in [2.24, 2.45) is 11.3 Å². The van der Waals surface area contributed by atoms with E-state index in [1.807, 2.05) is 57.1 Å². The van der Waals surface area contributed by atoms with Crippen LogP contribution in [0.3, 0.4) is 0 Å². The average molecular weight is 513 g/mol. The molecule has 3 aliphatic carbocycles. The van der Waals surface area contributed by atoms with E-state index >= 15 is 0 Å². The Morgan fingerprint density at radius 2 is 2.00 bits per heavy atom. The first-order valence-corrected chi connectivity index (χ1v) is 13.3. The van der Waals surface area contributed by atoms with Crippen LogP contribution in [0.5, 0.6) is 0 Å². The molecular weight excluding hydrogens is 477 g/mol. The fourth-order valence-electron chi connectivity index (χ4n) is 8.03. The van der Waals surface area contributed by atoms with Crippen molar-refractivity contribution < 1.29 is 23.0 Å². The molecule has 7 heteroatoms. The Hall–Kier alpha value is -2.22. The summed E-state index contributed by atoms with van der Waals surface area (Å²) in [7, 11) is 3.89. The van der Waals surface area contributed by atoms with Crippen molar-refractivity contribution in [3.05, 3.63) is 70.1 Å². The molecule has 1 aromatic heterocycles. The molecule has 2 spiro atoms. The highest BCUT2D eigenvalue weighted by molar-refractivity contribution is 5.59. The third-order valence-electron chi connectivity index (χ3n) is 9.98. The molecule has 5 aliphatic rings. The van der Waals surface area contributed by atoms with Gasteiger partial charge in [0.1, 0.15) is 0 Å². The number of rotatable bonds is 3. The average Bonchev–Trinajstić information content (AvgIpc) is 3.33. The SMILES string of the molecule is Cc1ncccc1/C=C/C1=CCC2C1(C)CC(C(F)(F)F)=C1C=C3CC(O)[C@@H](N(C)C)C[C@]34CC[C@@]12O4. The number of hydrogen-bond donors (Lipinski definition) is 1. The number of nitrogens with zero attached hydrogens (tertiary/aromatic N) is 2. The summed E-state index contributed by atoms with van der Waals surface area (Å²) in [5.41, 5.74) is 1.25. The first kappa shape index (κ1) is 25.1. The van der Waals surface area contributed by atoms with Crippen LogP contribution in [0.15, 0.2) is 58.9 Å². The van der Waals surface area contributed by atoms with Crippen molar-refractivity contribution in [1.29, 1.82) is 0 Å². The van der Waals surface area contributed by atoms with Gasteiger partial charge in [-0.3, -0.25) is 4.98 Å². The van der Waals surface area contributed by atoms with Gasteiger partial charge in [-0.25, -0.2) is 0 Å². The lowest BCUT2D eigenvalue weighted by Gasteiger charge is -2.56. The summed E-state index contributed by atoms with van der Waals surface area (Å²) in [5.74, 6) is -0.0717. The maximum absolute atomic E-state index is 14.7. The topological polar surface area (TPSA) is 45.6 Å². The number of aryl methyl sites for hydroxylation is 1. The minimum atomic E-state index is -4.45. The van der Waals surface area contributed by atoms with Crippen LogP contribution < -0.4 is 0 Å². The lowest BCUT2D eigenvalue weighted by Crippen LogP contribution is -2.58. The molecule has 1 saturated heterocycles. The molecule has 2 fully saturated rings. The second kappa shape index (κ2) is 8.14. The smallest absolute Gasteiger partial charge is 0.391 e. The summed E-state index contributed by atoms with van der Waals surface area (Å²) in [6.07, 6.45) is 7.41. The number of aliphatic hydroxyl groups excluding tert-OH is 1. The molecule has 2 aliphatic heterocycles. The standard InChI is InChI=1S/C30H35F3N2O2/c1-18-19(6-5-13-34-18)7-8-20-9-10-26-27(20,2)16-23(30(31,32)33)22-14-21-15-25(36)24(35(3)4)17-28(21)11-12-29(22,26)37-28/h5-9,13-14,24-26,36H,10-12,15-17H2,1-4H3/b8-7+/t24-,25?,26?,27?,28+,29+/m0/s1. The summed E-state index contributed by atoms with van der Waals surface area (Å²) in [5, 5.41) is 10.8. The van der Waals surface area contributed by atoms with Gasteiger partial charge in [0.2, 0.25) is 0 Å². The number of alkyl halides is 3. The third kappa shape index (κ3) is 3.57. The second-order valence-corrected chi connectivity index (χ2v) is 12.1. The van der Waals surface area contributed by atoms with Crippen LogP contribution in [0.1, 0.15) is 56.7 Å². The summed E-state index contributed by atoms with van der Waals surface area (Å²) in [6.45, 7) is 3.93. The van der Waals surface area contributed by atoms with E-state index in [1.54, 1.807) is 12.3 Å². The summed E-state index contributed by atoms with van der Waals surface area (Å²) < 4.78 is 51.2. The highest BCUT2D eigenvalue weighted by Gasteiger charge is 2.68. The van der Waals surface area contributed by atoms with Crippen molar-refractivity contribution in [2.75, 3.05) is 14.1 Å². The molecule has 3 heterocycles. The molecule has 0 amide bonds. The van der Waals surface area contributed by atoms with E-state index in [2.05, 4.69) is 11.1 Å². The lowest BCUT2D eigenvalue weighted by molar-refractivity contribution is -0.158. The Morgan fingerprint density at radius 3 is 2.70 bits per heavy atom. The Labute approximate surface area is 216 Å². The largest absolute Gasteiger partial charge is 0.413 e. The van der Waals surface area contributed by atoms with Crippen molar-refractivity contribution in [1.82, 2.24) is 9.88 Å². The molecule has 3 unspecified atom stereocenters. The van der Waals surface area contributed by atoms with Crippen LogP contribution in [0.25, 0.3) is 6.08 Å². The fourth-order valence-corrected chi connectivity index (χ4v) is 8.03. The Kier molecular flexibility index (Phi) is 5.52. The monoisotopic (exact) mass is 512 g/mol.